The van der Waals surface area contributed by atoms with Crippen LogP contribution in [0.25, 0.3) is 0 Å². The maximum absolute atomic E-state index is 12.0. The number of amides is 1. The molecule has 108 valence electrons. The Bertz CT molecular complexity index is 375. The van der Waals surface area contributed by atoms with Gasteiger partial charge in [0.2, 0.25) is 5.91 Å². The third-order valence-electron chi connectivity index (χ3n) is 3.13. The second-order valence-corrected chi connectivity index (χ2v) is 4.56. The van der Waals surface area contributed by atoms with E-state index in [0.717, 1.165) is 25.1 Å². The first-order valence-corrected chi connectivity index (χ1v) is 6.19. The molecule has 2 N–H and O–H groups in total. The minimum Gasteiger partial charge on any atom is -0.341 e. The van der Waals surface area contributed by atoms with Crippen LogP contribution in [0.4, 0.5) is 0 Å². The van der Waals surface area contributed by atoms with Crippen molar-refractivity contribution in [1.82, 2.24) is 9.88 Å². The minimum absolute atomic E-state index is 0. The first kappa shape index (κ1) is 18.2. The summed E-state index contributed by atoms with van der Waals surface area (Å²) in [4.78, 5) is 18.1. The molecular weight excluding hydrogens is 285 g/mol. The number of nitrogens with two attached hydrogens (primary N) is 1. The molecule has 0 aromatic carbocycles. The third kappa shape index (κ3) is 5.76. The average Bonchev–Trinajstić information content (AvgIpc) is 2.37. The standard InChI is InChI=1S/C13H19N3O.2ClH/c14-11-4-3-9-16(10-11)13(17)7-6-12-5-1-2-8-15-12;;/h1-2,5,8,11H,3-4,6-7,9-10,14H2;2*1H/t11-;;/m1../s1. The number of carbonyl (C=O) groups excluding carboxylic acids is 1. The quantitative estimate of drug-likeness (QED) is 0.926. The summed E-state index contributed by atoms with van der Waals surface area (Å²) in [6.45, 7) is 1.57. The number of carbonyl (C=O) groups is 1. The summed E-state index contributed by atoms with van der Waals surface area (Å²) in [5.41, 5.74) is 6.84. The zero-order valence-electron chi connectivity index (χ0n) is 10.8. The fraction of sp³-hybridized carbons (Fsp3) is 0.538. The number of aromatic nitrogens is 1. The molecule has 1 fully saturated rings. The normalized spacial score (nSPS) is 18.2. The first-order chi connectivity index (χ1) is 8.25. The molecule has 2 rings (SSSR count). The van der Waals surface area contributed by atoms with Gasteiger partial charge in [-0.2, -0.15) is 0 Å². The van der Waals surface area contributed by atoms with E-state index in [1.807, 2.05) is 23.1 Å². The van der Waals surface area contributed by atoms with Gasteiger partial charge in [0.05, 0.1) is 0 Å². The van der Waals surface area contributed by atoms with Gasteiger partial charge >= 0.3 is 0 Å². The number of piperidine rings is 1. The van der Waals surface area contributed by atoms with Gasteiger partial charge in [0, 0.05) is 37.4 Å². The van der Waals surface area contributed by atoms with Crippen LogP contribution >= 0.6 is 24.8 Å². The van der Waals surface area contributed by atoms with Crippen LogP contribution in [0.2, 0.25) is 0 Å². The molecule has 0 unspecified atom stereocenters. The van der Waals surface area contributed by atoms with E-state index >= 15 is 0 Å². The molecule has 6 heteroatoms. The molecule has 0 spiro atoms. The summed E-state index contributed by atoms with van der Waals surface area (Å²) in [6, 6.07) is 5.94. The lowest BCUT2D eigenvalue weighted by Gasteiger charge is -2.30. The molecule has 1 saturated heterocycles. The van der Waals surface area contributed by atoms with E-state index in [1.54, 1.807) is 6.20 Å². The number of rotatable bonds is 3. The summed E-state index contributed by atoms with van der Waals surface area (Å²) in [5.74, 6) is 0.200. The summed E-state index contributed by atoms with van der Waals surface area (Å²) >= 11 is 0. The monoisotopic (exact) mass is 305 g/mol. The number of hydrogen-bond acceptors (Lipinski definition) is 3. The topological polar surface area (TPSA) is 59.2 Å². The predicted octanol–water partition coefficient (Wildman–Crippen LogP) is 1.81. The van der Waals surface area contributed by atoms with Crippen LogP contribution in [0.3, 0.4) is 0 Å². The lowest BCUT2D eigenvalue weighted by Crippen LogP contribution is -2.45. The Labute approximate surface area is 126 Å². The Kier molecular flexibility index (Phi) is 8.72. The third-order valence-corrected chi connectivity index (χ3v) is 3.13. The molecule has 1 aromatic heterocycles. The van der Waals surface area contributed by atoms with Crippen LogP contribution in [0.15, 0.2) is 24.4 Å². The van der Waals surface area contributed by atoms with Crippen molar-refractivity contribution in [2.75, 3.05) is 13.1 Å². The molecule has 1 aromatic rings. The molecule has 4 nitrogen and oxygen atoms in total. The van der Waals surface area contributed by atoms with Crippen molar-refractivity contribution < 1.29 is 4.79 Å². The Morgan fingerprint density at radius 3 is 2.84 bits per heavy atom. The minimum atomic E-state index is 0. The molecular formula is C13H21Cl2N3O. The maximum atomic E-state index is 12.0. The Morgan fingerprint density at radius 2 is 2.21 bits per heavy atom. The average molecular weight is 306 g/mol. The molecule has 1 atom stereocenters. The van der Waals surface area contributed by atoms with E-state index in [4.69, 9.17) is 5.73 Å². The molecule has 1 aliphatic heterocycles. The van der Waals surface area contributed by atoms with Gasteiger partial charge in [-0.15, -0.1) is 24.8 Å². The fourth-order valence-electron chi connectivity index (χ4n) is 2.18. The van der Waals surface area contributed by atoms with E-state index in [0.29, 0.717) is 19.4 Å². The molecule has 0 saturated carbocycles. The van der Waals surface area contributed by atoms with E-state index in [-0.39, 0.29) is 36.8 Å². The van der Waals surface area contributed by atoms with Crippen LogP contribution in [0.5, 0.6) is 0 Å². The molecule has 0 aliphatic carbocycles. The van der Waals surface area contributed by atoms with Gasteiger partial charge < -0.3 is 10.6 Å². The van der Waals surface area contributed by atoms with Crippen molar-refractivity contribution >= 4 is 30.7 Å². The SMILES string of the molecule is Cl.Cl.N[C@@H]1CCCN(C(=O)CCc2ccccn2)C1. The molecule has 1 amide bonds. The van der Waals surface area contributed by atoms with Gasteiger partial charge in [-0.1, -0.05) is 6.07 Å². The second-order valence-electron chi connectivity index (χ2n) is 4.56. The molecule has 1 aliphatic rings. The Balaban J connectivity index is 0.00000162. The van der Waals surface area contributed by atoms with Crippen molar-refractivity contribution in [3.8, 4) is 0 Å². The highest BCUT2D eigenvalue weighted by molar-refractivity contribution is 5.85. The van der Waals surface area contributed by atoms with E-state index in [2.05, 4.69) is 4.98 Å². The number of nitrogens with zero attached hydrogens (tertiary/aromatic N) is 2. The van der Waals surface area contributed by atoms with Crippen molar-refractivity contribution in [2.24, 2.45) is 5.73 Å². The summed E-state index contributed by atoms with van der Waals surface area (Å²) in [6.07, 6.45) is 5.06. The number of hydrogen-bond donors (Lipinski definition) is 1. The fourth-order valence-corrected chi connectivity index (χ4v) is 2.18. The Morgan fingerprint density at radius 1 is 1.42 bits per heavy atom. The number of likely N-dealkylation sites (tertiary alicyclic amines) is 1. The van der Waals surface area contributed by atoms with E-state index in [1.165, 1.54) is 0 Å². The van der Waals surface area contributed by atoms with Crippen LogP contribution in [0, 0.1) is 0 Å². The van der Waals surface area contributed by atoms with Gasteiger partial charge in [0.1, 0.15) is 0 Å². The number of pyridine rings is 1. The summed E-state index contributed by atoms with van der Waals surface area (Å²) in [7, 11) is 0. The zero-order chi connectivity index (χ0) is 12.1. The van der Waals surface area contributed by atoms with E-state index in [9.17, 15) is 4.79 Å². The zero-order valence-corrected chi connectivity index (χ0v) is 12.5. The van der Waals surface area contributed by atoms with Gasteiger partial charge in [0.15, 0.2) is 0 Å². The predicted molar refractivity (Wildman–Crippen MR) is 80.8 cm³/mol. The molecule has 19 heavy (non-hydrogen) atoms. The second kappa shape index (κ2) is 9.13. The van der Waals surface area contributed by atoms with E-state index < -0.39 is 0 Å². The lowest BCUT2D eigenvalue weighted by atomic mass is 10.1. The van der Waals surface area contributed by atoms with Crippen LogP contribution in [-0.2, 0) is 11.2 Å². The highest BCUT2D eigenvalue weighted by atomic mass is 35.5. The van der Waals surface area contributed by atoms with Crippen molar-refractivity contribution in [1.29, 1.82) is 0 Å². The van der Waals surface area contributed by atoms with Crippen LogP contribution in [0.1, 0.15) is 25.0 Å². The van der Waals surface area contributed by atoms with Crippen molar-refractivity contribution in [3.05, 3.63) is 30.1 Å². The molecule has 0 bridgehead atoms. The Hall–Kier alpha value is -0.840. The maximum Gasteiger partial charge on any atom is 0.223 e. The van der Waals surface area contributed by atoms with Crippen LogP contribution in [-0.4, -0.2) is 34.9 Å². The van der Waals surface area contributed by atoms with Gasteiger partial charge in [0.25, 0.3) is 0 Å². The highest BCUT2D eigenvalue weighted by Crippen LogP contribution is 2.10. The summed E-state index contributed by atoms with van der Waals surface area (Å²) < 4.78 is 0. The number of halogens is 2. The lowest BCUT2D eigenvalue weighted by molar-refractivity contribution is -0.132. The number of aryl methyl sites for hydroxylation is 1. The largest absolute Gasteiger partial charge is 0.341 e. The van der Waals surface area contributed by atoms with Gasteiger partial charge in [-0.05, 0) is 31.4 Å². The van der Waals surface area contributed by atoms with Crippen molar-refractivity contribution in [2.45, 2.75) is 31.7 Å². The summed E-state index contributed by atoms with van der Waals surface area (Å²) in [5, 5.41) is 0. The molecule has 0 radical (unpaired) electrons. The van der Waals surface area contributed by atoms with Crippen molar-refractivity contribution in [3.63, 3.8) is 0 Å². The first-order valence-electron chi connectivity index (χ1n) is 6.19. The smallest absolute Gasteiger partial charge is 0.223 e. The van der Waals surface area contributed by atoms with Gasteiger partial charge in [-0.25, -0.2) is 0 Å². The van der Waals surface area contributed by atoms with Crippen LogP contribution < -0.4 is 5.73 Å². The molecule has 2 heterocycles. The van der Waals surface area contributed by atoms with Gasteiger partial charge in [-0.3, -0.25) is 9.78 Å². The highest BCUT2D eigenvalue weighted by Gasteiger charge is 2.20.